The first-order valence-corrected chi connectivity index (χ1v) is 14.7. The minimum absolute atomic E-state index is 1.11. The smallest absolute Gasteiger partial charge is 0.0552 e. The molecule has 0 amide bonds. The van der Waals surface area contributed by atoms with E-state index < -0.39 is 0 Å². The Hall–Kier alpha value is -5.66. The second-order valence-corrected chi connectivity index (χ2v) is 10.5. The molecule has 1 heteroatoms. The Morgan fingerprint density at radius 3 is 1.02 bits per heavy atom. The first-order chi connectivity index (χ1) is 21.4. The maximum Gasteiger partial charge on any atom is 0.0552 e. The van der Waals surface area contributed by atoms with Crippen LogP contribution in [0.5, 0.6) is 0 Å². The topological polar surface area (TPSA) is 3.24 Å². The molecule has 43 heavy (non-hydrogen) atoms. The van der Waals surface area contributed by atoms with Gasteiger partial charge in [-0.2, -0.15) is 0 Å². The van der Waals surface area contributed by atoms with E-state index in [1.165, 1.54) is 44.5 Å². The molecule has 7 rings (SSSR count). The van der Waals surface area contributed by atoms with Crippen molar-refractivity contribution in [2.45, 2.75) is 0 Å². The largest absolute Gasteiger partial charge is 0.310 e. The van der Waals surface area contributed by atoms with E-state index in [1.54, 1.807) is 0 Å². The van der Waals surface area contributed by atoms with Gasteiger partial charge in [-0.25, -0.2) is 0 Å². The summed E-state index contributed by atoms with van der Waals surface area (Å²) in [6.07, 6.45) is 0. The van der Waals surface area contributed by atoms with Gasteiger partial charge >= 0.3 is 0 Å². The Morgan fingerprint density at radius 2 is 0.605 bits per heavy atom. The molecule has 0 fully saturated rings. The van der Waals surface area contributed by atoms with Crippen LogP contribution in [0.3, 0.4) is 0 Å². The van der Waals surface area contributed by atoms with E-state index in [9.17, 15) is 0 Å². The molecule has 0 unspecified atom stereocenters. The lowest BCUT2D eigenvalue weighted by Gasteiger charge is -2.32. The summed E-state index contributed by atoms with van der Waals surface area (Å²) in [7, 11) is 0. The van der Waals surface area contributed by atoms with Crippen molar-refractivity contribution in [2.75, 3.05) is 4.90 Å². The molecular formula is C42H31N. The average Bonchev–Trinajstić information content (AvgIpc) is 3.10. The highest BCUT2D eigenvalue weighted by Crippen LogP contribution is 2.52. The first kappa shape index (κ1) is 26.3. The molecule has 0 radical (unpaired) electrons. The molecule has 0 bridgehead atoms. The van der Waals surface area contributed by atoms with Gasteiger partial charge < -0.3 is 4.90 Å². The second kappa shape index (κ2) is 12.1. The molecule has 0 spiro atoms. The summed E-state index contributed by atoms with van der Waals surface area (Å²) in [6, 6.07) is 67.0. The highest BCUT2D eigenvalue weighted by atomic mass is 15.1. The molecule has 0 heterocycles. The van der Waals surface area contributed by atoms with Crippen LogP contribution in [0.1, 0.15) is 0 Å². The molecule has 0 saturated carbocycles. The van der Waals surface area contributed by atoms with Gasteiger partial charge in [0.25, 0.3) is 0 Å². The quantitative estimate of drug-likeness (QED) is 0.191. The van der Waals surface area contributed by atoms with Crippen molar-refractivity contribution in [3.8, 4) is 44.5 Å². The van der Waals surface area contributed by atoms with Crippen molar-refractivity contribution in [2.24, 2.45) is 0 Å². The van der Waals surface area contributed by atoms with Gasteiger partial charge in [-0.15, -0.1) is 0 Å². The summed E-state index contributed by atoms with van der Waals surface area (Å²) in [5.41, 5.74) is 12.9. The number of hydrogen-bond donors (Lipinski definition) is 0. The summed E-state index contributed by atoms with van der Waals surface area (Å²) in [5, 5.41) is 0. The van der Waals surface area contributed by atoms with Crippen molar-refractivity contribution in [3.63, 3.8) is 0 Å². The Balaban J connectivity index is 1.70. The maximum atomic E-state index is 2.40. The van der Waals surface area contributed by atoms with Gasteiger partial charge in [0, 0.05) is 22.5 Å². The lowest BCUT2D eigenvalue weighted by atomic mass is 9.81. The summed E-state index contributed by atoms with van der Waals surface area (Å²) >= 11 is 0. The van der Waals surface area contributed by atoms with Crippen LogP contribution < -0.4 is 4.90 Å². The summed E-state index contributed by atoms with van der Waals surface area (Å²) in [6.45, 7) is 0. The van der Waals surface area contributed by atoms with E-state index in [0.717, 1.165) is 17.1 Å². The molecule has 0 N–H and O–H groups in total. The average molecular weight is 550 g/mol. The molecule has 0 saturated heterocycles. The van der Waals surface area contributed by atoms with Crippen LogP contribution in [0.4, 0.5) is 17.1 Å². The predicted molar refractivity (Wildman–Crippen MR) is 183 cm³/mol. The molecular weight excluding hydrogens is 518 g/mol. The fourth-order valence-electron chi connectivity index (χ4n) is 5.97. The van der Waals surface area contributed by atoms with Gasteiger partial charge in [0.1, 0.15) is 0 Å². The van der Waals surface area contributed by atoms with Gasteiger partial charge in [0.05, 0.1) is 5.69 Å². The first-order valence-electron chi connectivity index (χ1n) is 14.7. The van der Waals surface area contributed by atoms with Crippen LogP contribution in [0.15, 0.2) is 188 Å². The van der Waals surface area contributed by atoms with Crippen LogP contribution in [-0.4, -0.2) is 0 Å². The molecule has 7 aromatic carbocycles. The van der Waals surface area contributed by atoms with Gasteiger partial charge in [-0.05, 0) is 63.7 Å². The van der Waals surface area contributed by atoms with Crippen LogP contribution in [0.25, 0.3) is 44.5 Å². The lowest BCUT2D eigenvalue weighted by molar-refractivity contribution is 1.28. The Labute approximate surface area is 254 Å². The molecule has 0 aromatic heterocycles. The van der Waals surface area contributed by atoms with E-state index in [4.69, 9.17) is 0 Å². The van der Waals surface area contributed by atoms with Crippen LogP contribution in [0, 0.1) is 0 Å². The molecule has 0 aliphatic rings. The standard InChI is InChI=1S/C42H31N/c1-7-19-32(20-8-1)38-31-39(43(36-27-15-5-16-28-36)37-29-17-6-18-30-37)41(34-23-11-3-12-24-34)42(35-25-13-4-14-26-35)40(38)33-21-9-2-10-22-33/h1-31H. The predicted octanol–water partition coefficient (Wildman–Crippen LogP) is 11.8. The zero-order valence-electron chi connectivity index (χ0n) is 23.8. The van der Waals surface area contributed by atoms with Crippen molar-refractivity contribution in [1.29, 1.82) is 0 Å². The number of nitrogens with zero attached hydrogens (tertiary/aromatic N) is 1. The molecule has 1 nitrogen and oxygen atoms in total. The van der Waals surface area contributed by atoms with Crippen molar-refractivity contribution < 1.29 is 0 Å². The lowest BCUT2D eigenvalue weighted by Crippen LogP contribution is -2.12. The minimum Gasteiger partial charge on any atom is -0.310 e. The summed E-state index contributed by atoms with van der Waals surface area (Å²) < 4.78 is 0. The zero-order chi connectivity index (χ0) is 28.8. The second-order valence-electron chi connectivity index (χ2n) is 10.5. The van der Waals surface area contributed by atoms with E-state index in [-0.39, 0.29) is 0 Å². The number of benzene rings is 7. The highest BCUT2D eigenvalue weighted by molar-refractivity contribution is 6.08. The molecule has 0 atom stereocenters. The normalized spacial score (nSPS) is 10.8. The number of hydrogen-bond acceptors (Lipinski definition) is 1. The SMILES string of the molecule is c1ccc(-c2cc(N(c3ccccc3)c3ccccc3)c(-c3ccccc3)c(-c3ccccc3)c2-c2ccccc2)cc1. The Kier molecular flexibility index (Phi) is 7.36. The van der Waals surface area contributed by atoms with Gasteiger partial charge in [0.2, 0.25) is 0 Å². The fraction of sp³-hybridized carbons (Fsp3) is 0. The Bertz CT molecular complexity index is 1880. The van der Waals surface area contributed by atoms with E-state index >= 15 is 0 Å². The third-order valence-electron chi connectivity index (χ3n) is 7.85. The van der Waals surface area contributed by atoms with Crippen molar-refractivity contribution in [1.82, 2.24) is 0 Å². The maximum absolute atomic E-state index is 2.40. The summed E-state index contributed by atoms with van der Waals surface area (Å²) in [4.78, 5) is 2.40. The molecule has 7 aromatic rings. The van der Waals surface area contributed by atoms with E-state index in [2.05, 4.69) is 193 Å². The van der Waals surface area contributed by atoms with Crippen LogP contribution in [-0.2, 0) is 0 Å². The fourth-order valence-corrected chi connectivity index (χ4v) is 5.97. The minimum atomic E-state index is 1.11. The molecule has 0 aliphatic carbocycles. The number of para-hydroxylation sites is 2. The third kappa shape index (κ3) is 5.25. The van der Waals surface area contributed by atoms with Crippen LogP contribution >= 0.6 is 0 Å². The van der Waals surface area contributed by atoms with Crippen molar-refractivity contribution in [3.05, 3.63) is 188 Å². The highest BCUT2D eigenvalue weighted by Gasteiger charge is 2.26. The van der Waals surface area contributed by atoms with E-state index in [0.29, 0.717) is 0 Å². The van der Waals surface area contributed by atoms with E-state index in [1.807, 2.05) is 0 Å². The monoisotopic (exact) mass is 549 g/mol. The number of rotatable bonds is 7. The van der Waals surface area contributed by atoms with Crippen LogP contribution in [0.2, 0.25) is 0 Å². The molecule has 0 aliphatic heterocycles. The molecule has 204 valence electrons. The zero-order valence-corrected chi connectivity index (χ0v) is 23.8. The Morgan fingerprint density at radius 1 is 0.279 bits per heavy atom. The van der Waals surface area contributed by atoms with Crippen molar-refractivity contribution >= 4 is 17.1 Å². The third-order valence-corrected chi connectivity index (χ3v) is 7.85. The van der Waals surface area contributed by atoms with Gasteiger partial charge in [-0.3, -0.25) is 0 Å². The summed E-state index contributed by atoms with van der Waals surface area (Å²) in [5.74, 6) is 0. The van der Waals surface area contributed by atoms with Gasteiger partial charge in [-0.1, -0.05) is 158 Å². The van der Waals surface area contributed by atoms with Gasteiger partial charge in [0.15, 0.2) is 0 Å². The number of anilines is 3.